The molecule has 230 valence electrons. The lowest BCUT2D eigenvalue weighted by molar-refractivity contribution is -0.137. The summed E-state index contributed by atoms with van der Waals surface area (Å²) in [5, 5.41) is 6.57. The average molecular weight is 688 g/mol. The van der Waals surface area contributed by atoms with Gasteiger partial charge in [-0.05, 0) is 72.3 Å². The summed E-state index contributed by atoms with van der Waals surface area (Å²) >= 11 is 18.0. The summed E-state index contributed by atoms with van der Waals surface area (Å²) < 4.78 is 72.5. The first-order chi connectivity index (χ1) is 20.7. The highest BCUT2D eigenvalue weighted by molar-refractivity contribution is 7.89. The number of hydrogen-bond donors (Lipinski definition) is 2. The lowest BCUT2D eigenvalue weighted by atomic mass is 10.2. The van der Waals surface area contributed by atoms with Crippen LogP contribution in [0.15, 0.2) is 93.3 Å². The predicted molar refractivity (Wildman–Crippen MR) is 159 cm³/mol. The van der Waals surface area contributed by atoms with Crippen molar-refractivity contribution in [1.29, 1.82) is 0 Å². The fraction of sp³-hybridized carbons (Fsp3) is 0.107. The maximum Gasteiger partial charge on any atom is 0.416 e. The minimum atomic E-state index is -4.63. The molecule has 0 radical (unpaired) electrons. The van der Waals surface area contributed by atoms with E-state index >= 15 is 0 Å². The largest absolute Gasteiger partial charge is 0.459 e. The van der Waals surface area contributed by atoms with Crippen LogP contribution in [0.5, 0.6) is 0 Å². The Bertz CT molecular complexity index is 1810. The predicted octanol–water partition coefficient (Wildman–Crippen LogP) is 6.74. The van der Waals surface area contributed by atoms with Crippen LogP contribution in [0.2, 0.25) is 15.1 Å². The quantitative estimate of drug-likeness (QED) is 0.115. The minimum absolute atomic E-state index is 0.0126. The number of furan rings is 1. The van der Waals surface area contributed by atoms with Gasteiger partial charge in [0.05, 0.1) is 33.3 Å². The molecule has 2 amide bonds. The second-order valence-electron chi connectivity index (χ2n) is 9.01. The maximum atomic E-state index is 13.5. The van der Waals surface area contributed by atoms with E-state index in [0.29, 0.717) is 21.7 Å². The summed E-state index contributed by atoms with van der Waals surface area (Å²) in [6.07, 6.45) is -3.58. The van der Waals surface area contributed by atoms with Crippen LogP contribution in [0, 0.1) is 0 Å². The first kappa shape index (κ1) is 33.0. The summed E-state index contributed by atoms with van der Waals surface area (Å²) in [6, 6.07) is 17.0. The topological polar surface area (TPSA) is 121 Å². The van der Waals surface area contributed by atoms with Gasteiger partial charge in [-0.3, -0.25) is 9.59 Å². The molecule has 4 rings (SSSR count). The number of anilines is 1. The Balaban J connectivity index is 1.44. The van der Waals surface area contributed by atoms with Crippen LogP contribution in [-0.4, -0.2) is 30.8 Å². The van der Waals surface area contributed by atoms with E-state index in [2.05, 4.69) is 10.4 Å². The van der Waals surface area contributed by atoms with Crippen molar-refractivity contribution in [2.75, 3.05) is 5.32 Å². The Morgan fingerprint density at radius 1 is 0.886 bits per heavy atom. The van der Waals surface area contributed by atoms with Gasteiger partial charge in [0, 0.05) is 17.3 Å². The molecule has 0 saturated carbocycles. The zero-order valence-electron chi connectivity index (χ0n) is 22.1. The molecule has 0 aliphatic carbocycles. The lowest BCUT2D eigenvalue weighted by Crippen LogP contribution is -2.32. The van der Waals surface area contributed by atoms with Gasteiger partial charge in [-0.2, -0.15) is 22.6 Å². The summed E-state index contributed by atoms with van der Waals surface area (Å²) in [7, 11) is -4.06. The highest BCUT2D eigenvalue weighted by Crippen LogP contribution is 2.31. The van der Waals surface area contributed by atoms with E-state index in [1.54, 1.807) is 18.2 Å². The molecule has 4 aromatic rings. The smallest absolute Gasteiger partial charge is 0.416 e. The van der Waals surface area contributed by atoms with Crippen LogP contribution in [0.25, 0.3) is 0 Å². The zero-order chi connectivity index (χ0) is 32.1. The van der Waals surface area contributed by atoms with Crippen LogP contribution in [0.1, 0.15) is 22.6 Å². The van der Waals surface area contributed by atoms with E-state index in [0.717, 1.165) is 22.7 Å². The van der Waals surface area contributed by atoms with Crippen LogP contribution < -0.4 is 10.7 Å². The van der Waals surface area contributed by atoms with Gasteiger partial charge in [0.2, 0.25) is 10.0 Å². The molecule has 0 spiro atoms. The molecule has 16 heteroatoms. The Morgan fingerprint density at radius 3 is 2.30 bits per heavy atom. The third-order valence-corrected chi connectivity index (χ3v) is 8.62. The number of benzene rings is 3. The lowest BCUT2D eigenvalue weighted by Gasteiger charge is -2.22. The fourth-order valence-corrected chi connectivity index (χ4v) is 5.55. The second kappa shape index (κ2) is 13.8. The molecule has 2 N–H and O–H groups in total. The number of carbonyl (C=O) groups excluding carboxylic acids is 2. The molecule has 0 aliphatic rings. The Hall–Kier alpha value is -3.88. The summed E-state index contributed by atoms with van der Waals surface area (Å²) in [5.41, 5.74) is 1.25. The van der Waals surface area contributed by atoms with Gasteiger partial charge in [0.1, 0.15) is 11.5 Å². The van der Waals surface area contributed by atoms with Crippen LogP contribution in [0.3, 0.4) is 0 Å². The Labute approximate surface area is 264 Å². The van der Waals surface area contributed by atoms with Gasteiger partial charge in [0.15, 0.2) is 0 Å². The van der Waals surface area contributed by atoms with Crippen molar-refractivity contribution in [3.05, 3.63) is 117 Å². The number of sulfonamides is 1. The number of hydrazone groups is 1. The van der Waals surface area contributed by atoms with E-state index in [9.17, 15) is 31.2 Å². The molecule has 0 fully saturated rings. The number of halogens is 6. The molecule has 0 atom stereocenters. The van der Waals surface area contributed by atoms with Crippen LogP contribution in [-0.2, 0) is 38.9 Å². The third kappa shape index (κ3) is 8.61. The summed E-state index contributed by atoms with van der Waals surface area (Å²) in [6.45, 7) is -0.312. The van der Waals surface area contributed by atoms with Crippen molar-refractivity contribution in [2.45, 2.75) is 24.2 Å². The highest BCUT2D eigenvalue weighted by atomic mass is 35.5. The molecule has 0 unspecified atom stereocenters. The van der Waals surface area contributed by atoms with Gasteiger partial charge in [-0.25, -0.2) is 13.8 Å². The zero-order valence-corrected chi connectivity index (χ0v) is 25.2. The molecule has 0 aliphatic heterocycles. The third-order valence-electron chi connectivity index (χ3n) is 5.82. The van der Waals surface area contributed by atoms with E-state index in [-0.39, 0.29) is 40.2 Å². The van der Waals surface area contributed by atoms with Gasteiger partial charge in [-0.1, -0.05) is 46.9 Å². The molecule has 1 heterocycles. The Kier molecular flexibility index (Phi) is 10.4. The SMILES string of the molecule is O=C(N/N=C/c1ccc(CN(Cc2ccc(Cl)c(Cl)c2)S(=O)(=O)c2ccc(Cl)cc2)o1)C(=O)Nc1cccc(C(F)(F)F)c1. The Morgan fingerprint density at radius 2 is 1.61 bits per heavy atom. The number of amides is 2. The molecule has 1 aromatic heterocycles. The number of nitrogens with zero attached hydrogens (tertiary/aromatic N) is 2. The standard InChI is InChI=1S/C28H20Cl3F3N4O5S/c29-19-5-9-23(10-6-19)44(41,42)38(15-17-4-11-24(30)25(31)12-17)16-22-8-7-21(43-22)14-35-37-27(40)26(39)36-20-3-1-2-18(13-20)28(32,33)34/h1-14H,15-16H2,(H,36,39)(H,37,40)/b35-14+. The van der Waals surface area contributed by atoms with Crippen LogP contribution >= 0.6 is 34.8 Å². The second-order valence-corrected chi connectivity index (χ2v) is 12.2. The van der Waals surface area contributed by atoms with Crippen molar-refractivity contribution in [2.24, 2.45) is 5.10 Å². The molecule has 3 aromatic carbocycles. The van der Waals surface area contributed by atoms with E-state index in [4.69, 9.17) is 39.2 Å². The molecule has 0 bridgehead atoms. The first-order valence-corrected chi connectivity index (χ1v) is 14.9. The first-order valence-electron chi connectivity index (χ1n) is 12.3. The monoisotopic (exact) mass is 686 g/mol. The molecular formula is C28H20Cl3F3N4O5S. The van der Waals surface area contributed by atoms with E-state index in [1.807, 2.05) is 5.43 Å². The summed E-state index contributed by atoms with van der Waals surface area (Å²) in [4.78, 5) is 24.1. The molecular weight excluding hydrogens is 668 g/mol. The molecule has 44 heavy (non-hydrogen) atoms. The van der Waals surface area contributed by atoms with E-state index in [1.165, 1.54) is 42.5 Å². The normalized spacial score (nSPS) is 12.1. The van der Waals surface area contributed by atoms with Gasteiger partial charge in [-0.15, -0.1) is 0 Å². The van der Waals surface area contributed by atoms with Crippen molar-refractivity contribution in [3.63, 3.8) is 0 Å². The number of nitrogens with one attached hydrogen (secondary N) is 2. The average Bonchev–Trinajstić information content (AvgIpc) is 3.41. The minimum Gasteiger partial charge on any atom is -0.459 e. The fourth-order valence-electron chi connectivity index (χ4n) is 3.71. The molecule has 9 nitrogen and oxygen atoms in total. The van der Waals surface area contributed by atoms with Crippen molar-refractivity contribution in [1.82, 2.24) is 9.73 Å². The summed E-state index contributed by atoms with van der Waals surface area (Å²) in [5.74, 6) is -2.21. The van der Waals surface area contributed by atoms with Gasteiger partial charge >= 0.3 is 18.0 Å². The number of alkyl halides is 3. The van der Waals surface area contributed by atoms with Crippen molar-refractivity contribution < 1.29 is 35.6 Å². The van der Waals surface area contributed by atoms with Crippen molar-refractivity contribution in [3.8, 4) is 0 Å². The molecule has 0 saturated heterocycles. The maximum absolute atomic E-state index is 13.5. The number of carbonyl (C=O) groups is 2. The number of rotatable bonds is 9. The highest BCUT2D eigenvalue weighted by Gasteiger charge is 2.31. The van der Waals surface area contributed by atoms with Crippen molar-refractivity contribution >= 4 is 68.5 Å². The number of hydrogen-bond acceptors (Lipinski definition) is 6. The van der Waals surface area contributed by atoms with Crippen LogP contribution in [0.4, 0.5) is 18.9 Å². The van der Waals surface area contributed by atoms with Gasteiger partial charge in [0.25, 0.3) is 0 Å². The van der Waals surface area contributed by atoms with E-state index < -0.39 is 33.6 Å². The van der Waals surface area contributed by atoms with Gasteiger partial charge < -0.3 is 9.73 Å².